The number of rotatable bonds is 3. The molecule has 1 amide bonds. The van der Waals surface area contributed by atoms with E-state index in [2.05, 4.69) is 0 Å². The number of nitrogens with zero attached hydrogens (tertiary/aromatic N) is 1. The Balaban J connectivity index is 1.69. The molecule has 1 spiro atoms. The minimum Gasteiger partial charge on any atom is -0.481 e. The summed E-state index contributed by atoms with van der Waals surface area (Å²) in [7, 11) is 0. The van der Waals surface area contributed by atoms with Crippen LogP contribution in [0.1, 0.15) is 39.0 Å². The van der Waals surface area contributed by atoms with Crippen molar-refractivity contribution >= 4 is 17.4 Å². The van der Waals surface area contributed by atoms with Crippen LogP contribution in [-0.4, -0.2) is 30.5 Å². The van der Waals surface area contributed by atoms with E-state index < -0.39 is 17.7 Å². The first-order valence-corrected chi connectivity index (χ1v) is 8.38. The quantitative estimate of drug-likeness (QED) is 0.827. The molecule has 1 atom stereocenters. The van der Waals surface area contributed by atoms with Crippen LogP contribution in [0.2, 0.25) is 0 Å². The van der Waals surface area contributed by atoms with Gasteiger partial charge >= 0.3 is 6.18 Å². The van der Waals surface area contributed by atoms with Crippen LogP contribution in [0.5, 0.6) is 5.75 Å². The van der Waals surface area contributed by atoms with Crippen LogP contribution in [0.25, 0.3) is 0 Å². The maximum atomic E-state index is 12.8. The molecule has 0 radical (unpaired) electrons. The Hall–Kier alpha value is -2.05. The van der Waals surface area contributed by atoms with Crippen molar-refractivity contribution in [3.63, 3.8) is 0 Å². The number of amides is 1. The molecule has 0 bridgehead atoms. The van der Waals surface area contributed by atoms with Crippen molar-refractivity contribution in [2.45, 2.75) is 51.3 Å². The van der Waals surface area contributed by atoms with Crippen LogP contribution < -0.4 is 9.64 Å². The van der Waals surface area contributed by atoms with Crippen LogP contribution in [0.15, 0.2) is 24.3 Å². The first-order valence-electron chi connectivity index (χ1n) is 8.38. The van der Waals surface area contributed by atoms with Gasteiger partial charge in [0.05, 0.1) is 5.41 Å². The van der Waals surface area contributed by atoms with E-state index in [9.17, 15) is 22.8 Å². The van der Waals surface area contributed by atoms with Crippen molar-refractivity contribution in [2.75, 3.05) is 11.4 Å². The number of hydrogen-bond donors (Lipinski definition) is 0. The molecule has 0 unspecified atom stereocenters. The molecule has 1 saturated carbocycles. The topological polar surface area (TPSA) is 46.6 Å². The molecule has 3 rings (SSSR count). The fourth-order valence-electron chi connectivity index (χ4n) is 3.51. The van der Waals surface area contributed by atoms with Gasteiger partial charge in [0.2, 0.25) is 5.91 Å². The number of Topliss-reactive ketones (excluding diaryl/α,β-unsaturated/α-hetero) is 1. The number of anilines is 1. The Labute approximate surface area is 143 Å². The van der Waals surface area contributed by atoms with Gasteiger partial charge < -0.3 is 9.64 Å². The smallest absolute Gasteiger partial charge is 0.425 e. The molecule has 1 saturated heterocycles. The second-order valence-electron chi connectivity index (χ2n) is 6.82. The van der Waals surface area contributed by atoms with Gasteiger partial charge in [-0.3, -0.25) is 9.59 Å². The normalized spacial score (nSPS) is 21.7. The third kappa shape index (κ3) is 3.50. The molecule has 2 fully saturated rings. The van der Waals surface area contributed by atoms with Crippen molar-refractivity contribution in [3.05, 3.63) is 24.3 Å². The van der Waals surface area contributed by atoms with E-state index in [1.54, 1.807) is 17.0 Å². The standard InChI is InChI=1S/C18H20F3NO3/c1-12(18(19,20)21)25-15-4-2-13(3-5-15)22-11-10-17(16(22)24)8-6-14(23)7-9-17/h2-5,12H,6-11H2,1H3/t12-/m0/s1. The molecule has 25 heavy (non-hydrogen) atoms. The average Bonchev–Trinajstić information content (AvgIpc) is 2.87. The highest BCUT2D eigenvalue weighted by atomic mass is 19.4. The zero-order valence-electron chi connectivity index (χ0n) is 13.9. The summed E-state index contributed by atoms with van der Waals surface area (Å²) in [4.78, 5) is 25.9. The van der Waals surface area contributed by atoms with Gasteiger partial charge in [0.25, 0.3) is 0 Å². The Morgan fingerprint density at radius 2 is 1.68 bits per heavy atom. The molecular weight excluding hydrogens is 335 g/mol. The lowest BCUT2D eigenvalue weighted by atomic mass is 9.72. The summed E-state index contributed by atoms with van der Waals surface area (Å²) >= 11 is 0. The summed E-state index contributed by atoms with van der Waals surface area (Å²) in [6.45, 7) is 1.51. The number of halogens is 3. The van der Waals surface area contributed by atoms with Crippen molar-refractivity contribution in [3.8, 4) is 5.75 Å². The first-order chi connectivity index (χ1) is 11.7. The molecule has 1 aromatic carbocycles. The fraction of sp³-hybridized carbons (Fsp3) is 0.556. The predicted octanol–water partition coefficient (Wildman–Crippen LogP) is 3.88. The highest BCUT2D eigenvalue weighted by molar-refractivity contribution is 6.01. The molecular formula is C18H20F3NO3. The van der Waals surface area contributed by atoms with E-state index in [0.29, 0.717) is 44.3 Å². The van der Waals surface area contributed by atoms with Crippen LogP contribution in [0, 0.1) is 5.41 Å². The molecule has 7 heteroatoms. The Bertz CT molecular complexity index is 659. The van der Waals surface area contributed by atoms with Gasteiger partial charge in [-0.05, 0) is 50.5 Å². The number of carbonyl (C=O) groups is 2. The molecule has 1 aliphatic heterocycles. The van der Waals surface area contributed by atoms with Gasteiger partial charge in [0.1, 0.15) is 11.5 Å². The molecule has 2 aliphatic rings. The minimum atomic E-state index is -4.42. The lowest BCUT2D eigenvalue weighted by Gasteiger charge is -2.31. The molecule has 136 valence electrons. The maximum absolute atomic E-state index is 12.8. The monoisotopic (exact) mass is 355 g/mol. The predicted molar refractivity (Wildman–Crippen MR) is 85.5 cm³/mol. The van der Waals surface area contributed by atoms with Gasteiger partial charge in [-0.1, -0.05) is 0 Å². The van der Waals surface area contributed by atoms with E-state index in [1.807, 2.05) is 0 Å². The summed E-state index contributed by atoms with van der Waals surface area (Å²) < 4.78 is 42.5. The van der Waals surface area contributed by atoms with Crippen molar-refractivity contribution in [1.82, 2.24) is 0 Å². The number of ether oxygens (including phenoxy) is 1. The molecule has 1 aromatic rings. The molecule has 0 aromatic heterocycles. The highest BCUT2D eigenvalue weighted by Gasteiger charge is 2.48. The van der Waals surface area contributed by atoms with E-state index >= 15 is 0 Å². The summed E-state index contributed by atoms with van der Waals surface area (Å²) in [5.41, 5.74) is 0.194. The molecule has 1 aliphatic carbocycles. The fourth-order valence-corrected chi connectivity index (χ4v) is 3.51. The van der Waals surface area contributed by atoms with Crippen LogP contribution in [0.4, 0.5) is 18.9 Å². The zero-order valence-corrected chi connectivity index (χ0v) is 13.9. The number of alkyl halides is 3. The number of ketones is 1. The van der Waals surface area contributed by atoms with Gasteiger partial charge in [-0.2, -0.15) is 13.2 Å². The number of hydrogen-bond acceptors (Lipinski definition) is 3. The molecule has 1 heterocycles. The van der Waals surface area contributed by atoms with E-state index in [1.165, 1.54) is 12.1 Å². The summed E-state index contributed by atoms with van der Waals surface area (Å²) in [5, 5.41) is 0. The Kier molecular flexibility index (Phi) is 4.51. The second kappa shape index (κ2) is 6.35. The Morgan fingerprint density at radius 3 is 2.24 bits per heavy atom. The zero-order chi connectivity index (χ0) is 18.2. The van der Waals surface area contributed by atoms with Crippen LogP contribution >= 0.6 is 0 Å². The number of benzene rings is 1. The van der Waals surface area contributed by atoms with Gasteiger partial charge in [0.15, 0.2) is 6.10 Å². The summed E-state index contributed by atoms with van der Waals surface area (Å²) in [5.74, 6) is 0.327. The van der Waals surface area contributed by atoms with E-state index in [4.69, 9.17) is 4.74 Å². The third-order valence-corrected chi connectivity index (χ3v) is 5.20. The lowest BCUT2D eigenvalue weighted by molar-refractivity contribution is -0.189. The van der Waals surface area contributed by atoms with E-state index in [0.717, 1.165) is 6.92 Å². The van der Waals surface area contributed by atoms with Crippen LogP contribution in [-0.2, 0) is 9.59 Å². The molecule has 4 nitrogen and oxygen atoms in total. The van der Waals surface area contributed by atoms with Gasteiger partial charge in [-0.15, -0.1) is 0 Å². The van der Waals surface area contributed by atoms with Crippen LogP contribution in [0.3, 0.4) is 0 Å². The molecule has 0 N–H and O–H groups in total. The Morgan fingerprint density at radius 1 is 1.08 bits per heavy atom. The lowest BCUT2D eigenvalue weighted by Crippen LogP contribution is -2.37. The van der Waals surface area contributed by atoms with Crippen molar-refractivity contribution < 1.29 is 27.5 Å². The second-order valence-corrected chi connectivity index (χ2v) is 6.82. The highest BCUT2D eigenvalue weighted by Crippen LogP contribution is 2.45. The van der Waals surface area contributed by atoms with Gasteiger partial charge in [0, 0.05) is 25.1 Å². The van der Waals surface area contributed by atoms with Gasteiger partial charge in [-0.25, -0.2) is 0 Å². The number of carbonyl (C=O) groups excluding carboxylic acids is 2. The van der Waals surface area contributed by atoms with Crippen molar-refractivity contribution in [1.29, 1.82) is 0 Å². The van der Waals surface area contributed by atoms with Crippen molar-refractivity contribution in [2.24, 2.45) is 5.41 Å². The SMILES string of the molecule is C[C@H](Oc1ccc(N2CCC3(CCC(=O)CC3)C2=O)cc1)C(F)(F)F. The minimum absolute atomic E-state index is 0.0114. The largest absolute Gasteiger partial charge is 0.481 e. The third-order valence-electron chi connectivity index (χ3n) is 5.20. The average molecular weight is 355 g/mol. The summed E-state index contributed by atoms with van der Waals surface area (Å²) in [6.07, 6.45) is -3.54. The van der Waals surface area contributed by atoms with E-state index in [-0.39, 0.29) is 17.4 Å². The summed E-state index contributed by atoms with van der Waals surface area (Å²) in [6, 6.07) is 6.09. The maximum Gasteiger partial charge on any atom is 0.425 e. The first kappa shape index (κ1) is 17.8.